The van der Waals surface area contributed by atoms with Gasteiger partial charge in [0.1, 0.15) is 0 Å². The van der Waals surface area contributed by atoms with Crippen molar-refractivity contribution in [3.63, 3.8) is 0 Å². The topological polar surface area (TPSA) is 99.4 Å². The highest BCUT2D eigenvalue weighted by molar-refractivity contribution is 5.89. The molecule has 2 aromatic heterocycles. The van der Waals surface area contributed by atoms with Crippen LogP contribution in [0.2, 0.25) is 0 Å². The number of carbonyl (C=O) groups is 1. The predicted molar refractivity (Wildman–Crippen MR) is 46.1 cm³/mol. The molecule has 0 bridgehead atoms. The Morgan fingerprint density at radius 1 is 1.57 bits per heavy atom. The number of hydrogen-bond donors (Lipinski definition) is 3. The highest BCUT2D eigenvalue weighted by atomic mass is 16.2. The average Bonchev–Trinajstić information content (AvgIpc) is 2.87. The van der Waals surface area contributed by atoms with E-state index in [1.54, 1.807) is 12.4 Å². The minimum absolute atomic E-state index is 0.0422. The zero-order chi connectivity index (χ0) is 9.80. The molecule has 0 aromatic carbocycles. The van der Waals surface area contributed by atoms with E-state index in [0.717, 1.165) is 5.56 Å². The lowest BCUT2D eigenvalue weighted by Crippen LogP contribution is -2.23. The van der Waals surface area contributed by atoms with Crippen LogP contribution in [-0.4, -0.2) is 31.5 Å². The van der Waals surface area contributed by atoms with Crippen molar-refractivity contribution in [1.29, 1.82) is 0 Å². The Hall–Kier alpha value is -2.18. The Morgan fingerprint density at radius 2 is 2.50 bits per heavy atom. The summed E-state index contributed by atoms with van der Waals surface area (Å²) < 4.78 is 0. The van der Waals surface area contributed by atoms with Crippen molar-refractivity contribution < 1.29 is 4.79 Å². The first-order chi connectivity index (χ1) is 6.86. The summed E-state index contributed by atoms with van der Waals surface area (Å²) in [4.78, 5) is 14.2. The summed E-state index contributed by atoms with van der Waals surface area (Å²) >= 11 is 0. The van der Waals surface area contributed by atoms with Gasteiger partial charge in [-0.05, 0) is 16.8 Å². The largest absolute Gasteiger partial charge is 0.367 e. The van der Waals surface area contributed by atoms with Crippen LogP contribution in [0, 0.1) is 0 Å². The number of tetrazole rings is 1. The number of hydrogen-bond acceptors (Lipinski definition) is 4. The van der Waals surface area contributed by atoms with E-state index in [-0.39, 0.29) is 11.7 Å². The van der Waals surface area contributed by atoms with Crippen molar-refractivity contribution in [2.45, 2.75) is 6.54 Å². The molecule has 0 saturated carbocycles. The Morgan fingerprint density at radius 3 is 3.14 bits per heavy atom. The minimum atomic E-state index is -0.347. The van der Waals surface area contributed by atoms with Gasteiger partial charge >= 0.3 is 0 Å². The number of nitrogens with zero attached hydrogens (tertiary/aromatic N) is 3. The quantitative estimate of drug-likeness (QED) is 0.608. The van der Waals surface area contributed by atoms with Gasteiger partial charge in [-0.25, -0.2) is 0 Å². The van der Waals surface area contributed by atoms with Gasteiger partial charge in [-0.15, -0.1) is 10.2 Å². The first kappa shape index (κ1) is 8.42. The molecule has 7 nitrogen and oxygen atoms in total. The van der Waals surface area contributed by atoms with Crippen LogP contribution in [0.3, 0.4) is 0 Å². The maximum absolute atomic E-state index is 11.3. The Bertz CT molecular complexity index is 392. The second-order valence-corrected chi connectivity index (χ2v) is 2.64. The molecule has 0 aliphatic carbocycles. The van der Waals surface area contributed by atoms with Gasteiger partial charge in [0.15, 0.2) is 0 Å². The highest BCUT2D eigenvalue weighted by Gasteiger charge is 2.09. The molecule has 0 fully saturated rings. The second kappa shape index (κ2) is 3.69. The van der Waals surface area contributed by atoms with Gasteiger partial charge in [0.2, 0.25) is 0 Å². The van der Waals surface area contributed by atoms with Gasteiger partial charge < -0.3 is 10.3 Å². The van der Waals surface area contributed by atoms with E-state index < -0.39 is 0 Å². The molecule has 1 amide bonds. The van der Waals surface area contributed by atoms with E-state index in [0.29, 0.717) is 6.54 Å². The molecule has 72 valence electrons. The third kappa shape index (κ3) is 1.76. The van der Waals surface area contributed by atoms with Gasteiger partial charge in [-0.2, -0.15) is 5.21 Å². The van der Waals surface area contributed by atoms with Crippen molar-refractivity contribution in [2.24, 2.45) is 0 Å². The van der Waals surface area contributed by atoms with E-state index in [4.69, 9.17) is 0 Å². The summed E-state index contributed by atoms with van der Waals surface area (Å²) in [5, 5.41) is 15.2. The monoisotopic (exact) mass is 192 g/mol. The van der Waals surface area contributed by atoms with Crippen LogP contribution < -0.4 is 5.32 Å². The fourth-order valence-corrected chi connectivity index (χ4v) is 0.988. The molecule has 0 aliphatic heterocycles. The zero-order valence-electron chi connectivity index (χ0n) is 7.19. The summed E-state index contributed by atoms with van der Waals surface area (Å²) in [6.07, 6.45) is 3.59. The van der Waals surface area contributed by atoms with Gasteiger partial charge in [0, 0.05) is 18.9 Å². The van der Waals surface area contributed by atoms with Crippen molar-refractivity contribution in [3.05, 3.63) is 29.8 Å². The fourth-order valence-electron chi connectivity index (χ4n) is 0.988. The van der Waals surface area contributed by atoms with E-state index in [2.05, 4.69) is 30.9 Å². The molecule has 3 N–H and O–H groups in total. The number of amides is 1. The number of aromatic amines is 2. The maximum atomic E-state index is 11.3. The molecule has 2 aromatic rings. The predicted octanol–water partition coefficient (Wildman–Crippen LogP) is -0.542. The van der Waals surface area contributed by atoms with Crippen LogP contribution in [0.5, 0.6) is 0 Å². The Labute approximate surface area is 78.9 Å². The molecule has 7 heteroatoms. The third-order valence-corrected chi connectivity index (χ3v) is 1.66. The molecule has 0 unspecified atom stereocenters. The number of nitrogens with one attached hydrogen (secondary N) is 3. The minimum Gasteiger partial charge on any atom is -0.367 e. The summed E-state index contributed by atoms with van der Waals surface area (Å²) in [6.45, 7) is 0.441. The third-order valence-electron chi connectivity index (χ3n) is 1.66. The summed E-state index contributed by atoms with van der Waals surface area (Å²) in [5.74, 6) is -0.305. The van der Waals surface area contributed by atoms with Gasteiger partial charge in [0.05, 0.1) is 0 Å². The first-order valence-corrected chi connectivity index (χ1v) is 3.99. The van der Waals surface area contributed by atoms with Gasteiger partial charge in [-0.1, -0.05) is 0 Å². The van der Waals surface area contributed by atoms with E-state index >= 15 is 0 Å². The van der Waals surface area contributed by atoms with Crippen LogP contribution in [0.4, 0.5) is 0 Å². The van der Waals surface area contributed by atoms with Crippen LogP contribution in [0.1, 0.15) is 16.2 Å². The van der Waals surface area contributed by atoms with E-state index in [9.17, 15) is 4.79 Å². The van der Waals surface area contributed by atoms with Gasteiger partial charge in [0.25, 0.3) is 11.7 Å². The SMILES string of the molecule is O=C(NCc1cc[nH]c1)c1nn[nH]n1. The van der Waals surface area contributed by atoms with Crippen LogP contribution >= 0.6 is 0 Å². The van der Waals surface area contributed by atoms with Crippen molar-refractivity contribution >= 4 is 5.91 Å². The van der Waals surface area contributed by atoms with Gasteiger partial charge in [-0.3, -0.25) is 4.79 Å². The lowest BCUT2D eigenvalue weighted by molar-refractivity contribution is 0.0940. The van der Waals surface area contributed by atoms with Crippen molar-refractivity contribution in [2.75, 3.05) is 0 Å². The molecule has 0 spiro atoms. The average molecular weight is 192 g/mol. The molecule has 14 heavy (non-hydrogen) atoms. The lowest BCUT2D eigenvalue weighted by atomic mass is 10.3. The molecular weight excluding hydrogens is 184 g/mol. The highest BCUT2D eigenvalue weighted by Crippen LogP contribution is 1.95. The summed E-state index contributed by atoms with van der Waals surface area (Å²) in [5.41, 5.74) is 0.988. The number of carbonyl (C=O) groups excluding carboxylic acids is 1. The molecule has 0 saturated heterocycles. The molecule has 0 radical (unpaired) electrons. The summed E-state index contributed by atoms with van der Waals surface area (Å²) in [6, 6.07) is 1.87. The van der Waals surface area contributed by atoms with Crippen LogP contribution in [0.25, 0.3) is 0 Å². The first-order valence-electron chi connectivity index (χ1n) is 3.99. The fraction of sp³-hybridized carbons (Fsp3) is 0.143. The Kier molecular flexibility index (Phi) is 2.22. The van der Waals surface area contributed by atoms with Crippen molar-refractivity contribution in [1.82, 2.24) is 30.9 Å². The molecule has 2 rings (SSSR count). The molecular formula is C7H8N6O. The lowest BCUT2D eigenvalue weighted by Gasteiger charge is -1.98. The molecule has 0 aliphatic rings. The standard InChI is InChI=1S/C7H8N6O/c14-7(6-10-12-13-11-6)9-4-5-1-2-8-3-5/h1-3,8H,4H2,(H,9,14)(H,10,11,12,13). The Balaban J connectivity index is 1.90. The number of rotatable bonds is 3. The number of aromatic nitrogens is 5. The second-order valence-electron chi connectivity index (χ2n) is 2.64. The van der Waals surface area contributed by atoms with Crippen molar-refractivity contribution in [3.8, 4) is 0 Å². The van der Waals surface area contributed by atoms with Crippen LogP contribution in [0.15, 0.2) is 18.5 Å². The van der Waals surface area contributed by atoms with E-state index in [1.807, 2.05) is 6.07 Å². The smallest absolute Gasteiger partial charge is 0.293 e. The summed E-state index contributed by atoms with van der Waals surface area (Å²) in [7, 11) is 0. The van der Waals surface area contributed by atoms with Crippen LogP contribution in [-0.2, 0) is 6.54 Å². The number of H-pyrrole nitrogens is 2. The normalized spacial score (nSPS) is 10.0. The molecule has 0 atom stereocenters. The maximum Gasteiger partial charge on any atom is 0.293 e. The zero-order valence-corrected chi connectivity index (χ0v) is 7.19. The molecule has 2 heterocycles. The van der Waals surface area contributed by atoms with E-state index in [1.165, 1.54) is 0 Å².